The highest BCUT2D eigenvalue weighted by molar-refractivity contribution is 4.74. The van der Waals surface area contributed by atoms with Crippen molar-refractivity contribution < 1.29 is 14.6 Å². The first-order valence-corrected chi connectivity index (χ1v) is 5.72. The molecule has 0 aromatic rings. The molecule has 0 aromatic heterocycles. The van der Waals surface area contributed by atoms with Crippen molar-refractivity contribution >= 4 is 0 Å². The predicted octanol–water partition coefficient (Wildman–Crippen LogP) is 0.493. The molecule has 4 nitrogen and oxygen atoms in total. The number of hydrogen-bond donors (Lipinski definition) is 1. The molecule has 4 heteroatoms. The van der Waals surface area contributed by atoms with Crippen molar-refractivity contribution in [3.63, 3.8) is 0 Å². The van der Waals surface area contributed by atoms with Crippen LogP contribution >= 0.6 is 0 Å². The third-order valence-corrected chi connectivity index (χ3v) is 2.46. The van der Waals surface area contributed by atoms with E-state index in [0.29, 0.717) is 0 Å². The van der Waals surface area contributed by atoms with Crippen LogP contribution in [0.3, 0.4) is 0 Å². The van der Waals surface area contributed by atoms with Gasteiger partial charge in [0.25, 0.3) is 0 Å². The fourth-order valence-corrected chi connectivity index (χ4v) is 1.84. The smallest absolute Gasteiger partial charge is 0.0936 e. The monoisotopic (exact) mass is 217 g/mol. The summed E-state index contributed by atoms with van der Waals surface area (Å²) in [6.07, 6.45) is 0.458. The lowest BCUT2D eigenvalue weighted by Gasteiger charge is -2.36. The minimum Gasteiger partial charge on any atom is -0.394 e. The molecule has 0 saturated carbocycles. The molecule has 90 valence electrons. The van der Waals surface area contributed by atoms with Crippen molar-refractivity contribution in [2.75, 3.05) is 32.8 Å². The van der Waals surface area contributed by atoms with Crippen molar-refractivity contribution in [2.45, 2.75) is 39.1 Å². The molecule has 0 amide bonds. The highest BCUT2D eigenvalue weighted by Crippen LogP contribution is 2.10. The number of hydrogen-bond acceptors (Lipinski definition) is 4. The van der Waals surface area contributed by atoms with E-state index in [4.69, 9.17) is 14.6 Å². The largest absolute Gasteiger partial charge is 0.394 e. The maximum atomic E-state index is 9.06. The van der Waals surface area contributed by atoms with Crippen LogP contribution in [0.1, 0.15) is 20.8 Å². The first-order valence-electron chi connectivity index (χ1n) is 5.72. The van der Waals surface area contributed by atoms with Crippen molar-refractivity contribution in [3.8, 4) is 0 Å². The zero-order chi connectivity index (χ0) is 11.3. The molecular formula is C11H23NO3. The topological polar surface area (TPSA) is 41.9 Å². The molecule has 0 aromatic carbocycles. The van der Waals surface area contributed by atoms with Crippen molar-refractivity contribution in [3.05, 3.63) is 0 Å². The lowest BCUT2D eigenvalue weighted by Crippen LogP contribution is -2.48. The fourth-order valence-electron chi connectivity index (χ4n) is 1.84. The zero-order valence-electron chi connectivity index (χ0n) is 9.98. The van der Waals surface area contributed by atoms with Gasteiger partial charge in [0.15, 0.2) is 0 Å². The maximum absolute atomic E-state index is 9.06. The van der Waals surface area contributed by atoms with Crippen LogP contribution < -0.4 is 0 Å². The van der Waals surface area contributed by atoms with Crippen LogP contribution in [-0.4, -0.2) is 61.2 Å². The molecule has 2 atom stereocenters. The lowest BCUT2D eigenvalue weighted by molar-refractivity contribution is -0.0998. The van der Waals surface area contributed by atoms with Crippen LogP contribution in [-0.2, 0) is 9.47 Å². The summed E-state index contributed by atoms with van der Waals surface area (Å²) in [7, 11) is 0. The van der Waals surface area contributed by atoms with Gasteiger partial charge in [-0.2, -0.15) is 0 Å². The third kappa shape index (κ3) is 4.93. The molecule has 0 bridgehead atoms. The van der Waals surface area contributed by atoms with E-state index in [2.05, 4.69) is 4.90 Å². The highest BCUT2D eigenvalue weighted by Gasteiger charge is 2.24. The normalized spacial score (nSPS) is 28.6. The SMILES string of the molecule is CC(C)OCCN1CC(C)OC(CO)C1. The van der Waals surface area contributed by atoms with E-state index >= 15 is 0 Å². The summed E-state index contributed by atoms with van der Waals surface area (Å²) in [5, 5.41) is 9.06. The van der Waals surface area contributed by atoms with E-state index in [0.717, 1.165) is 26.2 Å². The van der Waals surface area contributed by atoms with Gasteiger partial charge in [0, 0.05) is 19.6 Å². The van der Waals surface area contributed by atoms with Gasteiger partial charge in [0.1, 0.15) is 0 Å². The molecule has 1 N–H and O–H groups in total. The van der Waals surface area contributed by atoms with Crippen LogP contribution in [0.4, 0.5) is 0 Å². The van der Waals surface area contributed by atoms with Crippen molar-refractivity contribution in [1.82, 2.24) is 4.90 Å². The van der Waals surface area contributed by atoms with Crippen molar-refractivity contribution in [2.24, 2.45) is 0 Å². The van der Waals surface area contributed by atoms with E-state index in [-0.39, 0.29) is 24.9 Å². The molecule has 1 aliphatic rings. The number of rotatable bonds is 5. The molecule has 2 unspecified atom stereocenters. The predicted molar refractivity (Wildman–Crippen MR) is 58.9 cm³/mol. The molecule has 0 radical (unpaired) electrons. The summed E-state index contributed by atoms with van der Waals surface area (Å²) in [6, 6.07) is 0. The molecule has 1 aliphatic heterocycles. The summed E-state index contributed by atoms with van der Waals surface area (Å²) in [6.45, 7) is 9.63. The maximum Gasteiger partial charge on any atom is 0.0936 e. The van der Waals surface area contributed by atoms with Crippen LogP contribution in [0.25, 0.3) is 0 Å². The Morgan fingerprint density at radius 1 is 1.47 bits per heavy atom. The Morgan fingerprint density at radius 3 is 2.80 bits per heavy atom. The Labute approximate surface area is 92.2 Å². The summed E-state index contributed by atoms with van der Waals surface area (Å²) in [5.74, 6) is 0. The zero-order valence-corrected chi connectivity index (χ0v) is 9.98. The second-order valence-electron chi connectivity index (χ2n) is 4.43. The molecule has 0 spiro atoms. The van der Waals surface area contributed by atoms with Crippen LogP contribution in [0.15, 0.2) is 0 Å². The Kier molecular flexibility index (Phi) is 5.53. The summed E-state index contributed by atoms with van der Waals surface area (Å²) >= 11 is 0. The van der Waals surface area contributed by atoms with Gasteiger partial charge in [-0.05, 0) is 20.8 Å². The van der Waals surface area contributed by atoms with E-state index < -0.39 is 0 Å². The Balaban J connectivity index is 2.22. The molecule has 1 heterocycles. The molecule has 1 rings (SSSR count). The molecular weight excluding hydrogens is 194 g/mol. The first-order chi connectivity index (χ1) is 7.11. The lowest BCUT2D eigenvalue weighted by atomic mass is 10.2. The van der Waals surface area contributed by atoms with Gasteiger partial charge in [-0.1, -0.05) is 0 Å². The van der Waals surface area contributed by atoms with Gasteiger partial charge in [-0.25, -0.2) is 0 Å². The van der Waals surface area contributed by atoms with E-state index in [1.807, 2.05) is 20.8 Å². The summed E-state index contributed by atoms with van der Waals surface area (Å²) < 4.78 is 11.1. The Morgan fingerprint density at radius 2 is 2.20 bits per heavy atom. The second kappa shape index (κ2) is 6.43. The van der Waals surface area contributed by atoms with Gasteiger partial charge in [0.05, 0.1) is 31.5 Å². The standard InChI is InChI=1S/C11H23NO3/c1-9(2)14-5-4-12-6-10(3)15-11(7-12)8-13/h9-11,13H,4-8H2,1-3H3. The fraction of sp³-hybridized carbons (Fsp3) is 1.00. The highest BCUT2D eigenvalue weighted by atomic mass is 16.5. The molecule has 1 saturated heterocycles. The number of aliphatic hydroxyl groups is 1. The Hall–Kier alpha value is -0.160. The second-order valence-corrected chi connectivity index (χ2v) is 4.43. The van der Waals surface area contributed by atoms with Gasteiger partial charge in [0.2, 0.25) is 0 Å². The molecule has 15 heavy (non-hydrogen) atoms. The average molecular weight is 217 g/mol. The van der Waals surface area contributed by atoms with Crippen LogP contribution in [0.5, 0.6) is 0 Å². The van der Waals surface area contributed by atoms with Crippen LogP contribution in [0.2, 0.25) is 0 Å². The van der Waals surface area contributed by atoms with Crippen molar-refractivity contribution in [1.29, 1.82) is 0 Å². The van der Waals surface area contributed by atoms with Crippen LogP contribution in [0, 0.1) is 0 Å². The minimum absolute atomic E-state index is 0.0344. The summed E-state index contributed by atoms with van der Waals surface area (Å²) in [4.78, 5) is 2.29. The number of morpholine rings is 1. The molecule has 1 fully saturated rings. The van der Waals surface area contributed by atoms with Gasteiger partial charge >= 0.3 is 0 Å². The number of aliphatic hydroxyl groups excluding tert-OH is 1. The van der Waals surface area contributed by atoms with E-state index in [1.54, 1.807) is 0 Å². The molecule has 0 aliphatic carbocycles. The van der Waals surface area contributed by atoms with Gasteiger partial charge in [-0.3, -0.25) is 4.90 Å². The number of ether oxygens (including phenoxy) is 2. The Bertz CT molecular complexity index is 175. The summed E-state index contributed by atoms with van der Waals surface area (Å²) in [5.41, 5.74) is 0. The van der Waals surface area contributed by atoms with Gasteiger partial charge in [-0.15, -0.1) is 0 Å². The van der Waals surface area contributed by atoms with E-state index in [1.165, 1.54) is 0 Å². The quantitative estimate of drug-likeness (QED) is 0.728. The number of nitrogens with zero attached hydrogens (tertiary/aromatic N) is 1. The van der Waals surface area contributed by atoms with Gasteiger partial charge < -0.3 is 14.6 Å². The first kappa shape index (κ1) is 12.9. The third-order valence-electron chi connectivity index (χ3n) is 2.46. The minimum atomic E-state index is -0.0344. The average Bonchev–Trinajstić information content (AvgIpc) is 2.16. The van der Waals surface area contributed by atoms with E-state index in [9.17, 15) is 0 Å².